The Morgan fingerprint density at radius 1 is 1.09 bits per heavy atom. The Kier molecular flexibility index (Phi) is 6.36. The third-order valence-electron chi connectivity index (χ3n) is 5.75. The van der Waals surface area contributed by atoms with E-state index in [4.69, 9.17) is 9.88 Å². The van der Waals surface area contributed by atoms with Crippen LogP contribution >= 0.6 is 0 Å². The highest BCUT2D eigenvalue weighted by Gasteiger charge is 2.38. The van der Waals surface area contributed by atoms with Crippen molar-refractivity contribution in [3.63, 3.8) is 0 Å². The quantitative estimate of drug-likeness (QED) is 0.641. The summed E-state index contributed by atoms with van der Waals surface area (Å²) in [5, 5.41) is 5.24. The summed E-state index contributed by atoms with van der Waals surface area (Å²) in [6, 6.07) is 8.19. The monoisotopic (exact) mass is 494 g/mol. The largest absolute Gasteiger partial charge is 0.417 e. The van der Waals surface area contributed by atoms with Gasteiger partial charge in [0.2, 0.25) is 10.0 Å². The molecule has 2 N–H and O–H groups in total. The van der Waals surface area contributed by atoms with Gasteiger partial charge in [0, 0.05) is 37.2 Å². The van der Waals surface area contributed by atoms with Crippen LogP contribution in [0, 0.1) is 0 Å². The Morgan fingerprint density at radius 3 is 2.44 bits per heavy atom. The smallest absolute Gasteiger partial charge is 0.378 e. The topological polar surface area (TPSA) is 107 Å². The highest BCUT2D eigenvalue weighted by atomic mass is 32.2. The maximum Gasteiger partial charge on any atom is 0.417 e. The molecule has 1 saturated heterocycles. The van der Waals surface area contributed by atoms with Gasteiger partial charge in [0.05, 0.1) is 23.7 Å². The molecule has 0 saturated carbocycles. The van der Waals surface area contributed by atoms with E-state index in [1.807, 2.05) is 4.90 Å². The summed E-state index contributed by atoms with van der Waals surface area (Å²) < 4.78 is 69.5. The number of carbonyl (C=O) groups excluding carboxylic acids is 2. The van der Waals surface area contributed by atoms with Gasteiger partial charge in [-0.15, -0.1) is 0 Å². The highest BCUT2D eigenvalue weighted by Crippen LogP contribution is 2.38. The normalized spacial score (nSPS) is 16.8. The fourth-order valence-electron chi connectivity index (χ4n) is 4.13. The number of nitrogens with two attached hydrogens (primary N) is 1. The molecule has 0 amide bonds. The molecule has 180 valence electrons. The van der Waals surface area contributed by atoms with Gasteiger partial charge in [0.1, 0.15) is 0 Å². The van der Waals surface area contributed by atoms with Crippen LogP contribution in [0.15, 0.2) is 47.4 Å². The van der Waals surface area contributed by atoms with Gasteiger partial charge in [-0.3, -0.25) is 9.59 Å². The molecule has 0 bridgehead atoms. The van der Waals surface area contributed by atoms with Gasteiger partial charge in [0.25, 0.3) is 0 Å². The molecule has 2 aliphatic rings. The standard InChI is InChI=1S/C23H21F3N2O5S/c24-23(25,26)20-12-16(29)11-15-2-1-14(9-18(15)20)10-22(30)19-13-17(34(27,31)32)3-4-21(19)28-5-7-33-8-6-28/h1-4,9,12-13H,5-8,10-11H2,(H2,27,31,32). The van der Waals surface area contributed by atoms with E-state index >= 15 is 0 Å². The number of Topliss-reactive ketones (excluding diaryl/α,β-unsaturated/α-hetero) is 1. The lowest BCUT2D eigenvalue weighted by molar-refractivity contribution is -0.114. The Balaban J connectivity index is 1.71. The van der Waals surface area contributed by atoms with Gasteiger partial charge >= 0.3 is 6.18 Å². The second-order valence-electron chi connectivity index (χ2n) is 8.11. The molecular formula is C23H21F3N2O5S. The van der Waals surface area contributed by atoms with Crippen molar-refractivity contribution in [1.82, 2.24) is 0 Å². The number of carbonyl (C=O) groups is 2. The molecule has 1 fully saturated rings. The number of nitrogens with zero attached hydrogens (tertiary/aromatic N) is 1. The first-order valence-corrected chi connectivity index (χ1v) is 11.9. The van der Waals surface area contributed by atoms with Crippen molar-refractivity contribution in [2.45, 2.75) is 23.9 Å². The van der Waals surface area contributed by atoms with Crippen molar-refractivity contribution in [3.8, 4) is 0 Å². The maximum absolute atomic E-state index is 13.5. The number of primary sulfonamides is 1. The van der Waals surface area contributed by atoms with Crippen molar-refractivity contribution >= 4 is 32.9 Å². The number of anilines is 1. The number of allylic oxidation sites excluding steroid dienone is 2. The van der Waals surface area contributed by atoms with E-state index in [2.05, 4.69) is 0 Å². The lowest BCUT2D eigenvalue weighted by Gasteiger charge is -2.30. The molecule has 11 heteroatoms. The van der Waals surface area contributed by atoms with E-state index in [1.54, 1.807) is 0 Å². The molecule has 0 radical (unpaired) electrons. The molecule has 1 aliphatic heterocycles. The number of morpholine rings is 1. The number of benzene rings is 2. The average Bonchev–Trinajstić information content (AvgIpc) is 2.77. The minimum absolute atomic E-state index is 0.105. The summed E-state index contributed by atoms with van der Waals surface area (Å²) in [5.41, 5.74) is -0.0288. The van der Waals surface area contributed by atoms with Crippen LogP contribution in [-0.4, -0.2) is 52.5 Å². The van der Waals surface area contributed by atoms with Crippen LogP contribution in [0.25, 0.3) is 5.57 Å². The molecular weight excluding hydrogens is 473 g/mol. The predicted octanol–water partition coefficient (Wildman–Crippen LogP) is 2.67. The Hall–Kier alpha value is -3.02. The van der Waals surface area contributed by atoms with Crippen LogP contribution in [0.1, 0.15) is 27.0 Å². The van der Waals surface area contributed by atoms with Crippen molar-refractivity contribution < 1.29 is 35.9 Å². The van der Waals surface area contributed by atoms with Crippen LogP contribution in [0.2, 0.25) is 0 Å². The Labute approximate surface area is 194 Å². The summed E-state index contributed by atoms with van der Waals surface area (Å²) in [6.45, 7) is 1.84. The molecule has 1 aliphatic carbocycles. The number of alkyl halides is 3. The van der Waals surface area contributed by atoms with Crippen LogP contribution in [-0.2, 0) is 32.4 Å². The zero-order valence-corrected chi connectivity index (χ0v) is 18.7. The van der Waals surface area contributed by atoms with Crippen LogP contribution < -0.4 is 10.0 Å². The lowest BCUT2D eigenvalue weighted by atomic mass is 9.87. The molecule has 0 unspecified atom stereocenters. The first kappa shape index (κ1) is 24.1. The van der Waals surface area contributed by atoms with E-state index in [1.165, 1.54) is 36.4 Å². The molecule has 2 aromatic rings. The van der Waals surface area contributed by atoms with Crippen LogP contribution in [0.5, 0.6) is 0 Å². The molecule has 0 atom stereocenters. The Morgan fingerprint density at radius 2 is 1.79 bits per heavy atom. The molecule has 34 heavy (non-hydrogen) atoms. The van der Waals surface area contributed by atoms with E-state index in [9.17, 15) is 31.2 Å². The summed E-state index contributed by atoms with van der Waals surface area (Å²) in [6.07, 6.45) is -4.56. The van der Waals surface area contributed by atoms with Crippen molar-refractivity contribution in [2.24, 2.45) is 5.14 Å². The molecule has 4 rings (SSSR count). The summed E-state index contributed by atoms with van der Waals surface area (Å²) >= 11 is 0. The number of ketones is 2. The second-order valence-corrected chi connectivity index (χ2v) is 9.68. The van der Waals surface area contributed by atoms with Crippen LogP contribution in [0.3, 0.4) is 0 Å². The van der Waals surface area contributed by atoms with E-state index < -0.39 is 33.3 Å². The van der Waals surface area contributed by atoms with Gasteiger partial charge < -0.3 is 9.64 Å². The molecule has 1 heterocycles. The van der Waals surface area contributed by atoms with E-state index in [0.29, 0.717) is 43.6 Å². The fourth-order valence-corrected chi connectivity index (χ4v) is 4.67. The fraction of sp³-hybridized carbons (Fsp3) is 0.304. The zero-order valence-electron chi connectivity index (χ0n) is 17.9. The minimum atomic E-state index is -4.72. The second kappa shape index (κ2) is 8.97. The molecule has 2 aromatic carbocycles. The lowest BCUT2D eigenvalue weighted by Crippen LogP contribution is -2.37. The summed E-state index contributed by atoms with van der Waals surface area (Å²) in [5.74, 6) is -1.12. The molecule has 0 aromatic heterocycles. The van der Waals surface area contributed by atoms with Crippen molar-refractivity contribution in [1.29, 1.82) is 0 Å². The number of hydrogen-bond donors (Lipinski definition) is 1. The SMILES string of the molecule is NS(=O)(=O)c1ccc(N2CCOCC2)c(C(=O)Cc2ccc3c(c2)C(C(F)(F)F)=CC(=O)C3)c1. The number of hydrogen-bond acceptors (Lipinski definition) is 6. The summed E-state index contributed by atoms with van der Waals surface area (Å²) in [4.78, 5) is 26.6. The molecule has 7 nitrogen and oxygen atoms in total. The number of halogens is 3. The number of fused-ring (bicyclic) bond motifs is 1. The number of ether oxygens (including phenoxy) is 1. The molecule has 0 spiro atoms. The van der Waals surface area contributed by atoms with Gasteiger partial charge in [0.15, 0.2) is 11.6 Å². The third-order valence-corrected chi connectivity index (χ3v) is 6.66. The third kappa shape index (κ3) is 5.06. The summed E-state index contributed by atoms with van der Waals surface area (Å²) in [7, 11) is -4.08. The van der Waals surface area contributed by atoms with E-state index in [0.717, 1.165) is 0 Å². The highest BCUT2D eigenvalue weighted by molar-refractivity contribution is 7.89. The average molecular weight is 494 g/mol. The maximum atomic E-state index is 13.5. The Bertz CT molecular complexity index is 1300. The zero-order chi connectivity index (χ0) is 24.7. The van der Waals surface area contributed by atoms with Crippen LogP contribution in [0.4, 0.5) is 18.9 Å². The van der Waals surface area contributed by atoms with Crippen molar-refractivity contribution in [2.75, 3.05) is 31.2 Å². The van der Waals surface area contributed by atoms with Gasteiger partial charge in [-0.25, -0.2) is 13.6 Å². The van der Waals surface area contributed by atoms with E-state index in [-0.39, 0.29) is 34.4 Å². The number of sulfonamides is 1. The number of rotatable bonds is 5. The van der Waals surface area contributed by atoms with Gasteiger partial charge in [-0.05, 0) is 41.0 Å². The minimum Gasteiger partial charge on any atom is -0.378 e. The first-order valence-electron chi connectivity index (χ1n) is 10.4. The predicted molar refractivity (Wildman–Crippen MR) is 118 cm³/mol. The van der Waals surface area contributed by atoms with Crippen molar-refractivity contribution in [3.05, 3.63) is 64.7 Å². The van der Waals surface area contributed by atoms with Gasteiger partial charge in [-0.2, -0.15) is 13.2 Å². The van der Waals surface area contributed by atoms with Gasteiger partial charge in [-0.1, -0.05) is 18.2 Å². The first-order chi connectivity index (χ1) is 15.9.